The van der Waals surface area contributed by atoms with Gasteiger partial charge in [0.25, 0.3) is 5.91 Å². The van der Waals surface area contributed by atoms with Crippen molar-refractivity contribution in [3.8, 4) is 0 Å². The quantitative estimate of drug-likeness (QED) is 0.0150. The molecular formula is C51H87ClN12O20. The number of carbonyl (C=O) groups excluding carboxylic acids is 10. The summed E-state index contributed by atoms with van der Waals surface area (Å²) >= 11 is 5.85. The van der Waals surface area contributed by atoms with Crippen molar-refractivity contribution in [3.63, 3.8) is 0 Å². The third-order valence-electron chi connectivity index (χ3n) is 13.1. The van der Waals surface area contributed by atoms with Crippen LogP contribution in [0.3, 0.4) is 0 Å². The molecule has 1 fully saturated rings. The van der Waals surface area contributed by atoms with Gasteiger partial charge in [-0.2, -0.15) is 0 Å². The number of cyclic esters (lactones) is 1. The van der Waals surface area contributed by atoms with Crippen molar-refractivity contribution in [1.82, 2.24) is 47.9 Å². The van der Waals surface area contributed by atoms with Crippen LogP contribution in [0, 0.1) is 0 Å². The maximum Gasteiger partial charge on any atom is 0.335 e. The molecular weight excluding hydrogens is 1140 g/mol. The summed E-state index contributed by atoms with van der Waals surface area (Å²) in [6.45, 7) is 2.45. The number of carboxylic acids is 2. The average molecular weight is 1220 g/mol. The van der Waals surface area contributed by atoms with Gasteiger partial charge in [0.2, 0.25) is 47.3 Å². The van der Waals surface area contributed by atoms with Gasteiger partial charge in [-0.15, -0.1) is 11.6 Å². The highest BCUT2D eigenvalue weighted by molar-refractivity contribution is 6.18. The van der Waals surface area contributed by atoms with E-state index < -0.39 is 194 Å². The highest BCUT2D eigenvalue weighted by atomic mass is 35.5. The number of halogens is 1. The van der Waals surface area contributed by atoms with Crippen molar-refractivity contribution in [3.05, 3.63) is 11.8 Å². The monoisotopic (exact) mass is 1220 g/mol. The molecule has 0 aromatic carbocycles. The predicted molar refractivity (Wildman–Crippen MR) is 297 cm³/mol. The third kappa shape index (κ3) is 27.4. The highest BCUT2D eigenvalue weighted by Gasteiger charge is 2.41. The van der Waals surface area contributed by atoms with Crippen LogP contribution in [0.25, 0.3) is 0 Å². The largest absolute Gasteiger partial charge is 0.481 e. The number of unbranched alkanes of at least 4 members (excludes halogenated alkanes) is 8. The number of allylic oxidation sites excluding steroid dienone is 1. The Hall–Kier alpha value is -6.65. The zero-order valence-electron chi connectivity index (χ0n) is 47.5. The van der Waals surface area contributed by atoms with Crippen molar-refractivity contribution in [2.75, 3.05) is 32.1 Å². The smallest absolute Gasteiger partial charge is 0.335 e. The first kappa shape index (κ1) is 75.4. The van der Waals surface area contributed by atoms with Crippen LogP contribution in [0.4, 0.5) is 0 Å². The van der Waals surface area contributed by atoms with E-state index in [1.54, 1.807) is 0 Å². The van der Waals surface area contributed by atoms with Gasteiger partial charge < -0.3 is 106 Å². The van der Waals surface area contributed by atoms with E-state index in [-0.39, 0.29) is 45.2 Å². The first-order valence-corrected chi connectivity index (χ1v) is 28.3. The van der Waals surface area contributed by atoms with Crippen LogP contribution in [0.2, 0.25) is 0 Å². The molecule has 0 radical (unpaired) electrons. The van der Waals surface area contributed by atoms with E-state index in [1.165, 1.54) is 0 Å². The van der Waals surface area contributed by atoms with Crippen molar-refractivity contribution < 1.29 is 98.0 Å². The zero-order valence-corrected chi connectivity index (χ0v) is 48.2. The number of carboxylic acid groups (broad SMARTS) is 2. The molecule has 22 N–H and O–H groups in total. The number of alkyl halides is 1. The number of hydrogen-bond acceptors (Lipinski definition) is 21. The molecule has 3 unspecified atom stereocenters. The van der Waals surface area contributed by atoms with E-state index in [4.69, 9.17) is 33.5 Å². The summed E-state index contributed by atoms with van der Waals surface area (Å²) in [6, 6.07) is -16.1. The Kier molecular flexibility index (Phi) is 36.4. The van der Waals surface area contributed by atoms with Gasteiger partial charge in [-0.1, -0.05) is 64.4 Å². The van der Waals surface area contributed by atoms with Crippen molar-refractivity contribution >= 4 is 82.7 Å². The second kappa shape index (κ2) is 40.6. The fourth-order valence-electron chi connectivity index (χ4n) is 8.23. The molecule has 32 nitrogen and oxygen atoms in total. The minimum Gasteiger partial charge on any atom is -0.481 e. The first-order chi connectivity index (χ1) is 39.7. The molecule has 0 aromatic heterocycles. The Bertz CT molecular complexity index is 2230. The summed E-state index contributed by atoms with van der Waals surface area (Å²) in [5.41, 5.74) is 16.4. The molecule has 0 aliphatic carbocycles. The van der Waals surface area contributed by atoms with Gasteiger partial charge in [0.05, 0.1) is 43.1 Å². The van der Waals surface area contributed by atoms with Gasteiger partial charge in [0, 0.05) is 0 Å². The Morgan fingerprint density at radius 3 is 1.64 bits per heavy atom. The normalized spacial score (nSPS) is 24.8. The Labute approximate surface area is 490 Å². The van der Waals surface area contributed by atoms with Gasteiger partial charge in [-0.05, 0) is 72.0 Å². The average Bonchev–Trinajstić information content (AvgIpc) is 3.64. The third-order valence-corrected chi connectivity index (χ3v) is 13.4. The number of aliphatic hydroxyl groups excluding tert-OH is 5. The lowest BCUT2D eigenvalue weighted by atomic mass is 10.0. The molecule has 1 aliphatic heterocycles. The minimum atomic E-state index is -2.85. The van der Waals surface area contributed by atoms with E-state index in [9.17, 15) is 93.3 Å². The lowest BCUT2D eigenvalue weighted by Gasteiger charge is -2.28. The molecule has 1 heterocycles. The Balaban J connectivity index is 4.04. The number of nitrogens with two attached hydrogens (primary N) is 3. The van der Waals surface area contributed by atoms with Crippen LogP contribution >= 0.6 is 11.6 Å². The number of amides is 9. The number of esters is 1. The molecule has 0 spiro atoms. The van der Waals surface area contributed by atoms with Gasteiger partial charge in [-0.3, -0.25) is 47.9 Å². The molecule has 1 aliphatic rings. The van der Waals surface area contributed by atoms with Crippen molar-refractivity contribution in [1.29, 1.82) is 0 Å². The summed E-state index contributed by atoms with van der Waals surface area (Å²) in [7, 11) is 0. The maximum atomic E-state index is 14.2. The second-order valence-electron chi connectivity index (χ2n) is 20.0. The van der Waals surface area contributed by atoms with E-state index >= 15 is 0 Å². The number of rotatable bonds is 28. The number of aliphatic carboxylic acids is 2. The van der Waals surface area contributed by atoms with Gasteiger partial charge >= 0.3 is 17.9 Å². The zero-order chi connectivity index (χ0) is 63.6. The molecule has 1 rings (SSSR count). The summed E-state index contributed by atoms with van der Waals surface area (Å²) in [5, 5.41) is 92.6. The van der Waals surface area contributed by atoms with Crippen LogP contribution in [-0.4, -0.2) is 218 Å². The van der Waals surface area contributed by atoms with Gasteiger partial charge in [0.15, 0.2) is 12.1 Å². The van der Waals surface area contributed by atoms with E-state index in [0.29, 0.717) is 6.42 Å². The first-order valence-electron chi connectivity index (χ1n) is 27.8. The highest BCUT2D eigenvalue weighted by Crippen LogP contribution is 2.15. The number of hydrogen-bond donors (Lipinski definition) is 19. The molecule has 33 heteroatoms. The van der Waals surface area contributed by atoms with Crippen LogP contribution in [0.1, 0.15) is 124 Å². The SMILES string of the molecule is C/C=C1\NC(=O)[C@H]([C@@H](C)O)NC(=O)[C@H](CCN)NC(=O)[C@H](CCCCN)NC(=O)[C@H](CC(=O)O)NC(=O)[C@@H](CCN)NC(=O)[C@@H](NC(=O)CC(O)C(O)CCCCCCCCCC)COC(=O)[C@H]([C@H](O)CCl)NC(=O)[C@H](C(O)C(=O)O)NC1=O. The molecule has 9 amide bonds. The topological polar surface area (TPSA) is 542 Å². The van der Waals surface area contributed by atoms with Crippen LogP contribution < -0.4 is 65.1 Å². The number of nitrogens with one attached hydrogen (secondary N) is 9. The fraction of sp³-hybridized carbons (Fsp3) is 0.725. The molecule has 0 aromatic rings. The van der Waals surface area contributed by atoms with Crippen molar-refractivity contribution in [2.45, 2.75) is 202 Å². The minimum absolute atomic E-state index is 0.0826. The maximum absolute atomic E-state index is 14.2. The standard InChI is InChI=1S/C51H87ClN12O20/c1-4-6-7-8-9-10-11-12-16-33(66)34(67)23-36(69)56-32-25-84-51(83)39(35(68)24-52)63-49(80)40(41(72)50(81)82)64-42(73)27(5-2)57-48(79)38(26(3)65)62-45(76)30(18-21-55)59-43(74)28(15-13-14-19-53)58-46(77)31(22-37(70)71)61-44(75)29(17-20-54)60-47(32)78/h5,26,28-35,38-41,65-68,72H,4,6-25,53-55H2,1-3H3,(H,56,69)(H,57,79)(H,58,77)(H,59,74)(H,60,78)(H,61,75)(H,62,76)(H,63,80)(H,64,73)(H,70,71)(H,81,82)/b27-5-/t26-,28+,29-,30+,31+,32+,33?,34?,35-,38+,39+,40+,41?/m1/s1. The number of aliphatic hydroxyl groups is 5. The Morgan fingerprint density at radius 1 is 0.619 bits per heavy atom. The number of carbonyl (C=O) groups is 12. The van der Waals surface area contributed by atoms with E-state index in [1.807, 2.05) is 10.6 Å². The number of ether oxygens (including phenoxy) is 1. The molecule has 0 bridgehead atoms. The van der Waals surface area contributed by atoms with Gasteiger partial charge in [-0.25, -0.2) is 9.59 Å². The lowest BCUT2D eigenvalue weighted by Crippen LogP contribution is -2.62. The van der Waals surface area contributed by atoms with E-state index in [2.05, 4.69) is 44.1 Å². The summed E-state index contributed by atoms with van der Waals surface area (Å²) in [6.07, 6.45) is -4.17. The summed E-state index contributed by atoms with van der Waals surface area (Å²) in [4.78, 5) is 163. The second-order valence-corrected chi connectivity index (χ2v) is 20.3. The molecule has 1 saturated heterocycles. The predicted octanol–water partition coefficient (Wildman–Crippen LogP) is -6.19. The molecule has 13 atom stereocenters. The van der Waals surface area contributed by atoms with Crippen LogP contribution in [0.5, 0.6) is 0 Å². The molecule has 478 valence electrons. The summed E-state index contributed by atoms with van der Waals surface area (Å²) in [5.74, 6) is -18.2. The summed E-state index contributed by atoms with van der Waals surface area (Å²) < 4.78 is 5.24. The molecule has 84 heavy (non-hydrogen) atoms. The molecule has 0 saturated carbocycles. The van der Waals surface area contributed by atoms with E-state index in [0.717, 1.165) is 64.9 Å². The van der Waals surface area contributed by atoms with Gasteiger partial charge in [0.1, 0.15) is 54.6 Å². The fourth-order valence-corrected chi connectivity index (χ4v) is 8.40. The Morgan fingerprint density at radius 2 is 1.13 bits per heavy atom. The van der Waals surface area contributed by atoms with Crippen LogP contribution in [-0.2, 0) is 62.3 Å². The van der Waals surface area contributed by atoms with Crippen molar-refractivity contribution in [2.24, 2.45) is 17.2 Å². The van der Waals surface area contributed by atoms with Crippen LogP contribution in [0.15, 0.2) is 11.8 Å². The lowest BCUT2D eigenvalue weighted by molar-refractivity contribution is -0.155.